The number of aromatic nitrogens is 1. The number of rotatable bonds is 6. The number of benzene rings is 1. The molecule has 2 aromatic rings. The Balaban J connectivity index is 1.94. The summed E-state index contributed by atoms with van der Waals surface area (Å²) in [4.78, 5) is 4.21. The van der Waals surface area contributed by atoms with E-state index in [1.807, 2.05) is 13.1 Å². The summed E-state index contributed by atoms with van der Waals surface area (Å²) in [6.07, 6.45) is 4.18. The van der Waals surface area contributed by atoms with Gasteiger partial charge in [0.1, 0.15) is 11.6 Å². The van der Waals surface area contributed by atoms with Gasteiger partial charge in [-0.2, -0.15) is 0 Å². The van der Waals surface area contributed by atoms with Crippen molar-refractivity contribution in [2.24, 2.45) is 0 Å². The van der Waals surface area contributed by atoms with Crippen LogP contribution in [0.2, 0.25) is 0 Å². The fraction of sp³-hybridized carbons (Fsp3) is 0.357. The molecule has 0 fully saturated rings. The summed E-state index contributed by atoms with van der Waals surface area (Å²) in [6.45, 7) is 0.958. The first-order chi connectivity index (χ1) is 8.78. The van der Waals surface area contributed by atoms with Crippen LogP contribution < -0.4 is 5.32 Å². The summed E-state index contributed by atoms with van der Waals surface area (Å²) in [6, 6.07) is 6.50. The Labute approximate surface area is 106 Å². The SMILES string of the molecule is CNCCCc1cnc(Cc2cccc(F)c2)o1. The predicted octanol–water partition coefficient (Wildman–Crippen LogP) is 2.56. The van der Waals surface area contributed by atoms with E-state index in [1.54, 1.807) is 12.3 Å². The van der Waals surface area contributed by atoms with Gasteiger partial charge >= 0.3 is 0 Å². The van der Waals surface area contributed by atoms with Gasteiger partial charge in [-0.25, -0.2) is 9.37 Å². The molecule has 0 aliphatic carbocycles. The molecule has 0 saturated carbocycles. The van der Waals surface area contributed by atoms with Crippen molar-refractivity contribution in [2.75, 3.05) is 13.6 Å². The predicted molar refractivity (Wildman–Crippen MR) is 68.0 cm³/mol. The highest BCUT2D eigenvalue weighted by molar-refractivity contribution is 5.19. The summed E-state index contributed by atoms with van der Waals surface area (Å²) < 4.78 is 18.6. The minimum absolute atomic E-state index is 0.228. The van der Waals surface area contributed by atoms with E-state index in [1.165, 1.54) is 12.1 Å². The van der Waals surface area contributed by atoms with Crippen LogP contribution in [-0.2, 0) is 12.8 Å². The number of nitrogens with one attached hydrogen (secondary N) is 1. The molecule has 1 aromatic heterocycles. The molecule has 1 N–H and O–H groups in total. The first kappa shape index (κ1) is 12.8. The number of aryl methyl sites for hydroxylation is 1. The maximum Gasteiger partial charge on any atom is 0.198 e. The van der Waals surface area contributed by atoms with Gasteiger partial charge in [0.15, 0.2) is 5.89 Å². The minimum atomic E-state index is -0.228. The molecule has 0 spiro atoms. The van der Waals surface area contributed by atoms with Crippen molar-refractivity contribution in [3.63, 3.8) is 0 Å². The van der Waals surface area contributed by atoms with E-state index in [0.29, 0.717) is 12.3 Å². The molecule has 2 rings (SSSR count). The third-order valence-corrected chi connectivity index (χ3v) is 2.70. The van der Waals surface area contributed by atoms with E-state index >= 15 is 0 Å². The van der Waals surface area contributed by atoms with Gasteiger partial charge in [-0.3, -0.25) is 0 Å². The average molecular weight is 248 g/mol. The van der Waals surface area contributed by atoms with Crippen LogP contribution in [0.4, 0.5) is 4.39 Å². The molecule has 0 saturated heterocycles. The van der Waals surface area contributed by atoms with E-state index in [9.17, 15) is 4.39 Å². The van der Waals surface area contributed by atoms with E-state index < -0.39 is 0 Å². The van der Waals surface area contributed by atoms with E-state index in [4.69, 9.17) is 4.42 Å². The van der Waals surface area contributed by atoms with Crippen LogP contribution >= 0.6 is 0 Å². The molecule has 1 aromatic carbocycles. The number of hydrogen-bond donors (Lipinski definition) is 1. The summed E-state index contributed by atoms with van der Waals surface area (Å²) in [5.41, 5.74) is 0.874. The fourth-order valence-electron chi connectivity index (χ4n) is 1.81. The summed E-state index contributed by atoms with van der Waals surface area (Å²) in [5, 5.41) is 3.09. The van der Waals surface area contributed by atoms with Crippen LogP contribution in [0.1, 0.15) is 23.6 Å². The molecular formula is C14H17FN2O. The molecule has 0 unspecified atom stereocenters. The Hall–Kier alpha value is -1.68. The van der Waals surface area contributed by atoms with Crippen LogP contribution in [0, 0.1) is 5.82 Å². The Bertz CT molecular complexity index is 496. The van der Waals surface area contributed by atoms with E-state index in [0.717, 1.165) is 30.7 Å². The lowest BCUT2D eigenvalue weighted by atomic mass is 10.1. The molecule has 0 aliphatic rings. The highest BCUT2D eigenvalue weighted by Crippen LogP contribution is 2.12. The molecule has 1 heterocycles. The van der Waals surface area contributed by atoms with Crippen molar-refractivity contribution < 1.29 is 8.81 Å². The minimum Gasteiger partial charge on any atom is -0.445 e. The van der Waals surface area contributed by atoms with E-state index in [-0.39, 0.29) is 5.82 Å². The van der Waals surface area contributed by atoms with Gasteiger partial charge in [-0.05, 0) is 37.7 Å². The highest BCUT2D eigenvalue weighted by atomic mass is 19.1. The number of nitrogens with zero attached hydrogens (tertiary/aromatic N) is 1. The lowest BCUT2D eigenvalue weighted by Gasteiger charge is -1.98. The second-order valence-corrected chi connectivity index (χ2v) is 4.23. The largest absolute Gasteiger partial charge is 0.445 e. The molecular weight excluding hydrogens is 231 g/mol. The Morgan fingerprint density at radius 1 is 1.39 bits per heavy atom. The van der Waals surface area contributed by atoms with Gasteiger partial charge in [0.2, 0.25) is 0 Å². The molecule has 4 heteroatoms. The third kappa shape index (κ3) is 3.67. The molecule has 18 heavy (non-hydrogen) atoms. The summed E-state index contributed by atoms with van der Waals surface area (Å²) in [7, 11) is 1.93. The number of oxazole rings is 1. The van der Waals surface area contributed by atoms with Crippen LogP contribution in [0.25, 0.3) is 0 Å². The molecule has 0 aliphatic heterocycles. The van der Waals surface area contributed by atoms with Crippen molar-refractivity contribution in [3.8, 4) is 0 Å². The number of halogens is 1. The van der Waals surface area contributed by atoms with Gasteiger partial charge in [0.05, 0.1) is 6.20 Å². The second kappa shape index (κ2) is 6.31. The first-order valence-corrected chi connectivity index (χ1v) is 6.10. The number of hydrogen-bond acceptors (Lipinski definition) is 3. The Kier molecular flexibility index (Phi) is 4.47. The zero-order chi connectivity index (χ0) is 12.8. The zero-order valence-electron chi connectivity index (χ0n) is 10.4. The standard InChI is InChI=1S/C14H17FN2O/c1-16-7-3-6-13-10-17-14(18-13)9-11-4-2-5-12(15)8-11/h2,4-5,8,10,16H,3,6-7,9H2,1H3. The molecule has 0 amide bonds. The van der Waals surface area contributed by atoms with Gasteiger partial charge < -0.3 is 9.73 Å². The zero-order valence-corrected chi connectivity index (χ0v) is 10.4. The quantitative estimate of drug-likeness (QED) is 0.798. The van der Waals surface area contributed by atoms with Crippen molar-refractivity contribution in [1.29, 1.82) is 0 Å². The first-order valence-electron chi connectivity index (χ1n) is 6.10. The molecule has 0 atom stereocenters. The summed E-state index contributed by atoms with van der Waals surface area (Å²) in [5.74, 6) is 1.30. The van der Waals surface area contributed by atoms with Crippen LogP contribution in [0.3, 0.4) is 0 Å². The lowest BCUT2D eigenvalue weighted by molar-refractivity contribution is 0.457. The smallest absolute Gasteiger partial charge is 0.198 e. The normalized spacial score (nSPS) is 10.8. The lowest BCUT2D eigenvalue weighted by Crippen LogP contribution is -2.08. The maximum absolute atomic E-state index is 13.0. The van der Waals surface area contributed by atoms with Crippen molar-refractivity contribution in [3.05, 3.63) is 53.5 Å². The van der Waals surface area contributed by atoms with Gasteiger partial charge in [0.25, 0.3) is 0 Å². The summed E-state index contributed by atoms with van der Waals surface area (Å²) >= 11 is 0. The molecule has 3 nitrogen and oxygen atoms in total. The van der Waals surface area contributed by atoms with Gasteiger partial charge in [-0.15, -0.1) is 0 Å². The monoisotopic (exact) mass is 248 g/mol. The topological polar surface area (TPSA) is 38.1 Å². The molecule has 0 radical (unpaired) electrons. The van der Waals surface area contributed by atoms with Crippen molar-refractivity contribution >= 4 is 0 Å². The van der Waals surface area contributed by atoms with E-state index in [2.05, 4.69) is 10.3 Å². The van der Waals surface area contributed by atoms with Gasteiger partial charge in [-0.1, -0.05) is 12.1 Å². The fourth-order valence-corrected chi connectivity index (χ4v) is 1.81. The Morgan fingerprint density at radius 2 is 2.28 bits per heavy atom. The second-order valence-electron chi connectivity index (χ2n) is 4.23. The van der Waals surface area contributed by atoms with Crippen molar-refractivity contribution in [1.82, 2.24) is 10.3 Å². The third-order valence-electron chi connectivity index (χ3n) is 2.70. The highest BCUT2D eigenvalue weighted by Gasteiger charge is 2.05. The maximum atomic E-state index is 13.0. The van der Waals surface area contributed by atoms with Crippen molar-refractivity contribution in [2.45, 2.75) is 19.3 Å². The average Bonchev–Trinajstić information content (AvgIpc) is 2.77. The Morgan fingerprint density at radius 3 is 3.06 bits per heavy atom. The molecule has 96 valence electrons. The van der Waals surface area contributed by atoms with Crippen LogP contribution in [0.5, 0.6) is 0 Å². The van der Waals surface area contributed by atoms with Crippen LogP contribution in [-0.4, -0.2) is 18.6 Å². The molecule has 0 bridgehead atoms. The van der Waals surface area contributed by atoms with Crippen LogP contribution in [0.15, 0.2) is 34.9 Å². The van der Waals surface area contributed by atoms with Gasteiger partial charge in [0, 0.05) is 12.8 Å².